The molecule has 0 fully saturated rings. The molecule has 0 saturated carbocycles. The summed E-state index contributed by atoms with van der Waals surface area (Å²) in [6.07, 6.45) is 6.14. The molecule has 0 radical (unpaired) electrons. The van der Waals surface area contributed by atoms with E-state index < -0.39 is 0 Å². The Kier molecular flexibility index (Phi) is 4.25. The quantitative estimate of drug-likeness (QED) is 0.841. The van der Waals surface area contributed by atoms with Gasteiger partial charge < -0.3 is 11.1 Å². The van der Waals surface area contributed by atoms with Crippen molar-refractivity contribution < 1.29 is 0 Å². The summed E-state index contributed by atoms with van der Waals surface area (Å²) in [5.41, 5.74) is 8.82. The average molecular weight is 242 g/mol. The Morgan fingerprint density at radius 3 is 2.83 bits per heavy atom. The van der Waals surface area contributed by atoms with Crippen LogP contribution in [0.1, 0.15) is 24.2 Å². The standard InChI is InChI=1S/C14H18N4/c1-2-17-14(13-5-3-4-7-18-13)9-11-10-16-8-6-12(11)15/h3-8,10,14,17H,2,9H2,1H3,(H2,15,16). The van der Waals surface area contributed by atoms with Gasteiger partial charge in [0, 0.05) is 24.3 Å². The van der Waals surface area contributed by atoms with Gasteiger partial charge in [0.1, 0.15) is 0 Å². The van der Waals surface area contributed by atoms with E-state index in [0.29, 0.717) is 0 Å². The molecule has 2 rings (SSSR count). The van der Waals surface area contributed by atoms with Crippen molar-refractivity contribution in [2.24, 2.45) is 0 Å². The van der Waals surface area contributed by atoms with E-state index in [1.807, 2.05) is 36.7 Å². The number of nitrogens with zero attached hydrogens (tertiary/aromatic N) is 2. The minimum Gasteiger partial charge on any atom is -0.398 e. The highest BCUT2D eigenvalue weighted by Gasteiger charge is 2.13. The summed E-state index contributed by atoms with van der Waals surface area (Å²) in [5.74, 6) is 0. The summed E-state index contributed by atoms with van der Waals surface area (Å²) in [6.45, 7) is 2.98. The lowest BCUT2D eigenvalue weighted by Crippen LogP contribution is -2.24. The molecule has 0 aliphatic rings. The highest BCUT2D eigenvalue weighted by molar-refractivity contribution is 5.45. The second kappa shape index (κ2) is 6.12. The largest absolute Gasteiger partial charge is 0.398 e. The fraction of sp³-hybridized carbons (Fsp3) is 0.286. The van der Waals surface area contributed by atoms with Gasteiger partial charge in [0.15, 0.2) is 0 Å². The first-order chi connectivity index (χ1) is 8.81. The van der Waals surface area contributed by atoms with E-state index in [-0.39, 0.29) is 6.04 Å². The van der Waals surface area contributed by atoms with E-state index in [0.717, 1.165) is 29.9 Å². The van der Waals surface area contributed by atoms with Gasteiger partial charge in [-0.1, -0.05) is 13.0 Å². The topological polar surface area (TPSA) is 63.8 Å². The van der Waals surface area contributed by atoms with Crippen LogP contribution in [-0.4, -0.2) is 16.5 Å². The van der Waals surface area contributed by atoms with Crippen LogP contribution in [-0.2, 0) is 6.42 Å². The Bertz CT molecular complexity index is 484. The van der Waals surface area contributed by atoms with Gasteiger partial charge in [-0.15, -0.1) is 0 Å². The molecule has 2 aromatic heterocycles. The van der Waals surface area contributed by atoms with Crippen LogP contribution in [0.2, 0.25) is 0 Å². The van der Waals surface area contributed by atoms with E-state index in [2.05, 4.69) is 22.2 Å². The molecular weight excluding hydrogens is 224 g/mol. The maximum atomic E-state index is 5.95. The number of likely N-dealkylation sites (N-methyl/N-ethyl adjacent to an activating group) is 1. The van der Waals surface area contributed by atoms with Crippen molar-refractivity contribution in [3.05, 3.63) is 54.1 Å². The van der Waals surface area contributed by atoms with Crippen molar-refractivity contribution >= 4 is 5.69 Å². The van der Waals surface area contributed by atoms with Crippen LogP contribution in [0.5, 0.6) is 0 Å². The molecule has 2 heterocycles. The van der Waals surface area contributed by atoms with E-state index in [1.54, 1.807) is 6.20 Å². The molecule has 18 heavy (non-hydrogen) atoms. The number of rotatable bonds is 5. The monoisotopic (exact) mass is 242 g/mol. The van der Waals surface area contributed by atoms with Gasteiger partial charge in [-0.2, -0.15) is 0 Å². The normalized spacial score (nSPS) is 12.3. The van der Waals surface area contributed by atoms with Gasteiger partial charge in [0.25, 0.3) is 0 Å². The Morgan fingerprint density at radius 1 is 1.28 bits per heavy atom. The molecule has 2 aromatic rings. The highest BCUT2D eigenvalue weighted by Crippen LogP contribution is 2.19. The lowest BCUT2D eigenvalue weighted by atomic mass is 10.0. The van der Waals surface area contributed by atoms with Crippen LogP contribution in [0.15, 0.2) is 42.9 Å². The Balaban J connectivity index is 2.19. The van der Waals surface area contributed by atoms with Gasteiger partial charge in [0.2, 0.25) is 0 Å². The average Bonchev–Trinajstić information content (AvgIpc) is 2.42. The number of pyridine rings is 2. The summed E-state index contributed by atoms with van der Waals surface area (Å²) in [4.78, 5) is 8.52. The number of hydrogen-bond donors (Lipinski definition) is 2. The zero-order valence-corrected chi connectivity index (χ0v) is 10.5. The lowest BCUT2D eigenvalue weighted by Gasteiger charge is -2.18. The molecule has 0 aliphatic heterocycles. The number of nitrogens with one attached hydrogen (secondary N) is 1. The second-order valence-electron chi connectivity index (χ2n) is 4.14. The molecule has 0 aromatic carbocycles. The summed E-state index contributed by atoms with van der Waals surface area (Å²) in [6, 6.07) is 7.95. The van der Waals surface area contributed by atoms with Gasteiger partial charge >= 0.3 is 0 Å². The highest BCUT2D eigenvalue weighted by atomic mass is 14.9. The van der Waals surface area contributed by atoms with Gasteiger partial charge in [0.05, 0.1) is 11.7 Å². The number of aromatic nitrogens is 2. The maximum absolute atomic E-state index is 5.95. The first kappa shape index (κ1) is 12.5. The molecular formula is C14H18N4. The van der Waals surface area contributed by atoms with E-state index in [1.165, 1.54) is 0 Å². The predicted octanol–water partition coefficient (Wildman–Crippen LogP) is 1.95. The second-order valence-corrected chi connectivity index (χ2v) is 4.14. The van der Waals surface area contributed by atoms with Crippen LogP contribution in [0.3, 0.4) is 0 Å². The third-order valence-electron chi connectivity index (χ3n) is 2.86. The van der Waals surface area contributed by atoms with Crippen molar-refractivity contribution in [1.82, 2.24) is 15.3 Å². The molecule has 4 heteroatoms. The van der Waals surface area contributed by atoms with Crippen LogP contribution < -0.4 is 11.1 Å². The van der Waals surface area contributed by atoms with Gasteiger partial charge in [-0.3, -0.25) is 9.97 Å². The Labute approximate surface area is 107 Å². The summed E-state index contributed by atoms with van der Waals surface area (Å²) in [7, 11) is 0. The van der Waals surface area contributed by atoms with Crippen LogP contribution in [0.4, 0.5) is 5.69 Å². The van der Waals surface area contributed by atoms with Crippen molar-refractivity contribution in [2.75, 3.05) is 12.3 Å². The Morgan fingerprint density at radius 2 is 2.17 bits per heavy atom. The molecule has 94 valence electrons. The molecule has 0 saturated heterocycles. The van der Waals surface area contributed by atoms with E-state index >= 15 is 0 Å². The fourth-order valence-electron chi connectivity index (χ4n) is 1.94. The predicted molar refractivity (Wildman–Crippen MR) is 73.0 cm³/mol. The third kappa shape index (κ3) is 3.05. The van der Waals surface area contributed by atoms with E-state index in [4.69, 9.17) is 5.73 Å². The molecule has 0 aliphatic carbocycles. The van der Waals surface area contributed by atoms with Gasteiger partial charge in [-0.25, -0.2) is 0 Å². The zero-order valence-electron chi connectivity index (χ0n) is 10.5. The van der Waals surface area contributed by atoms with Gasteiger partial charge in [-0.05, 0) is 36.7 Å². The first-order valence-corrected chi connectivity index (χ1v) is 6.14. The minimum absolute atomic E-state index is 0.169. The van der Waals surface area contributed by atoms with E-state index in [9.17, 15) is 0 Å². The molecule has 4 nitrogen and oxygen atoms in total. The number of nitrogens with two attached hydrogens (primary N) is 1. The van der Waals surface area contributed by atoms with Crippen LogP contribution in [0, 0.1) is 0 Å². The Hall–Kier alpha value is -1.94. The molecule has 3 N–H and O–H groups in total. The summed E-state index contributed by atoms with van der Waals surface area (Å²) >= 11 is 0. The summed E-state index contributed by atoms with van der Waals surface area (Å²) in [5, 5.41) is 3.43. The molecule has 1 atom stereocenters. The molecule has 0 amide bonds. The van der Waals surface area contributed by atoms with Crippen molar-refractivity contribution in [2.45, 2.75) is 19.4 Å². The molecule has 0 bridgehead atoms. The third-order valence-corrected chi connectivity index (χ3v) is 2.86. The SMILES string of the molecule is CCNC(Cc1cnccc1N)c1ccccn1. The lowest BCUT2D eigenvalue weighted by molar-refractivity contribution is 0.537. The number of hydrogen-bond acceptors (Lipinski definition) is 4. The summed E-state index contributed by atoms with van der Waals surface area (Å²) < 4.78 is 0. The maximum Gasteiger partial charge on any atom is 0.0576 e. The van der Waals surface area contributed by atoms with Crippen molar-refractivity contribution in [1.29, 1.82) is 0 Å². The minimum atomic E-state index is 0.169. The number of anilines is 1. The molecule has 1 unspecified atom stereocenters. The zero-order chi connectivity index (χ0) is 12.8. The molecule has 0 spiro atoms. The first-order valence-electron chi connectivity index (χ1n) is 6.14. The smallest absolute Gasteiger partial charge is 0.0576 e. The van der Waals surface area contributed by atoms with Crippen molar-refractivity contribution in [3.63, 3.8) is 0 Å². The fourth-order valence-corrected chi connectivity index (χ4v) is 1.94. The van der Waals surface area contributed by atoms with Crippen LogP contribution in [0.25, 0.3) is 0 Å². The number of nitrogen functional groups attached to an aromatic ring is 1. The van der Waals surface area contributed by atoms with Crippen molar-refractivity contribution in [3.8, 4) is 0 Å². The van der Waals surface area contributed by atoms with Crippen LogP contribution >= 0.6 is 0 Å².